The van der Waals surface area contributed by atoms with Crippen molar-refractivity contribution in [1.29, 1.82) is 0 Å². The second kappa shape index (κ2) is 14.7. The molecule has 0 fully saturated rings. The number of nitrogens with zero attached hydrogens (tertiary/aromatic N) is 1. The van der Waals surface area contributed by atoms with Crippen molar-refractivity contribution >= 4 is 5.91 Å². The molecule has 1 aromatic heterocycles. The standard InChI is InChI=1S/C21H30N4O.2C2H6.2H2/c1-15(20(26)25-14-21(2,3)13-22)19(23)11-16-6-8-17(9-7-16)18-5-4-10-24-12-18;2*1-2;;/h4-10,12,15,19H,11,13-14,22-23H2,1-3H3,(H,25,26);2*1-2H3;2*1H. The van der Waals surface area contributed by atoms with Crippen molar-refractivity contribution < 1.29 is 7.65 Å². The molecule has 2 atom stereocenters. The van der Waals surface area contributed by atoms with E-state index in [0.29, 0.717) is 19.5 Å². The highest BCUT2D eigenvalue weighted by Gasteiger charge is 2.23. The van der Waals surface area contributed by atoms with Crippen molar-refractivity contribution in [2.24, 2.45) is 22.8 Å². The van der Waals surface area contributed by atoms with Gasteiger partial charge in [0.1, 0.15) is 0 Å². The average molecular weight is 419 g/mol. The van der Waals surface area contributed by atoms with Gasteiger partial charge in [-0.25, -0.2) is 0 Å². The molecule has 0 saturated heterocycles. The number of pyridine rings is 1. The molecule has 0 spiro atoms. The van der Waals surface area contributed by atoms with Crippen molar-refractivity contribution in [3.8, 4) is 11.1 Å². The molecule has 0 saturated carbocycles. The minimum absolute atomic E-state index is 0. The van der Waals surface area contributed by atoms with Crippen LogP contribution in [-0.4, -0.2) is 30.0 Å². The van der Waals surface area contributed by atoms with Gasteiger partial charge in [-0.15, -0.1) is 0 Å². The third kappa shape index (κ3) is 9.51. The van der Waals surface area contributed by atoms with E-state index in [1.165, 1.54) is 0 Å². The van der Waals surface area contributed by atoms with Gasteiger partial charge in [0.05, 0.1) is 5.92 Å². The first-order chi connectivity index (χ1) is 14.3. The highest BCUT2D eigenvalue weighted by Crippen LogP contribution is 2.19. The average Bonchev–Trinajstić information content (AvgIpc) is 2.80. The maximum Gasteiger partial charge on any atom is 0.224 e. The summed E-state index contributed by atoms with van der Waals surface area (Å²) in [4.78, 5) is 16.5. The maximum atomic E-state index is 12.3. The Morgan fingerprint density at radius 3 is 2.20 bits per heavy atom. The number of aromatic nitrogens is 1. The lowest BCUT2D eigenvalue weighted by Crippen LogP contribution is -2.45. The van der Waals surface area contributed by atoms with E-state index in [-0.39, 0.29) is 26.1 Å². The van der Waals surface area contributed by atoms with E-state index in [0.717, 1.165) is 16.7 Å². The van der Waals surface area contributed by atoms with Crippen LogP contribution < -0.4 is 16.8 Å². The summed E-state index contributed by atoms with van der Waals surface area (Å²) in [5.74, 6) is -0.285. The number of nitrogens with one attached hydrogen (secondary N) is 1. The Hall–Kier alpha value is -2.24. The third-order valence-electron chi connectivity index (χ3n) is 4.77. The summed E-state index contributed by atoms with van der Waals surface area (Å²) >= 11 is 0. The lowest BCUT2D eigenvalue weighted by Gasteiger charge is -2.25. The van der Waals surface area contributed by atoms with Crippen LogP contribution in [0.2, 0.25) is 0 Å². The second-order valence-electron chi connectivity index (χ2n) is 7.68. The predicted molar refractivity (Wildman–Crippen MR) is 133 cm³/mol. The van der Waals surface area contributed by atoms with Crippen LogP contribution in [0.15, 0.2) is 48.8 Å². The Kier molecular flexibility index (Phi) is 13.6. The smallest absolute Gasteiger partial charge is 0.224 e. The molecule has 2 aromatic rings. The Labute approximate surface area is 186 Å². The van der Waals surface area contributed by atoms with Gasteiger partial charge in [0.2, 0.25) is 5.91 Å². The SMILES string of the molecule is CC.CC.CC(C(=O)NCC(C)(C)CN)C(N)Cc1ccc(-c2cccnc2)cc1.[HH].[HH]. The van der Waals surface area contributed by atoms with Crippen molar-refractivity contribution in [1.82, 2.24) is 10.3 Å². The summed E-state index contributed by atoms with van der Waals surface area (Å²) < 4.78 is 0. The quantitative estimate of drug-likeness (QED) is 0.568. The minimum atomic E-state index is -0.262. The fourth-order valence-electron chi connectivity index (χ4n) is 2.57. The van der Waals surface area contributed by atoms with Gasteiger partial charge in [0, 0.05) is 27.8 Å². The molecule has 1 aromatic carbocycles. The number of amides is 1. The van der Waals surface area contributed by atoms with Crippen LogP contribution in [-0.2, 0) is 11.2 Å². The maximum absolute atomic E-state index is 12.3. The van der Waals surface area contributed by atoms with E-state index in [1.54, 1.807) is 6.20 Å². The monoisotopic (exact) mass is 418 g/mol. The summed E-state index contributed by atoms with van der Waals surface area (Å²) in [7, 11) is 0. The number of hydrogen-bond acceptors (Lipinski definition) is 4. The predicted octanol–water partition coefficient (Wildman–Crippen LogP) is 4.90. The van der Waals surface area contributed by atoms with Gasteiger partial charge in [0.15, 0.2) is 0 Å². The minimum Gasteiger partial charge on any atom is -0.355 e. The molecule has 1 amide bonds. The fraction of sp³-hybridized carbons (Fsp3) is 0.520. The van der Waals surface area contributed by atoms with Gasteiger partial charge >= 0.3 is 0 Å². The van der Waals surface area contributed by atoms with Crippen molar-refractivity contribution in [2.75, 3.05) is 13.1 Å². The summed E-state index contributed by atoms with van der Waals surface area (Å²) in [6.07, 6.45) is 4.26. The third-order valence-corrected chi connectivity index (χ3v) is 4.77. The summed E-state index contributed by atoms with van der Waals surface area (Å²) in [6, 6.07) is 12.0. The molecule has 1 heterocycles. The number of carbonyl (C=O) groups is 1. The summed E-state index contributed by atoms with van der Waals surface area (Å²) in [5, 5.41) is 2.97. The van der Waals surface area contributed by atoms with Gasteiger partial charge in [0.25, 0.3) is 0 Å². The fourth-order valence-corrected chi connectivity index (χ4v) is 2.57. The number of carbonyl (C=O) groups excluding carboxylic acids is 1. The number of nitrogens with two attached hydrogens (primary N) is 2. The Morgan fingerprint density at radius 1 is 1.10 bits per heavy atom. The van der Waals surface area contributed by atoms with Gasteiger partial charge in [-0.2, -0.15) is 0 Å². The number of rotatable bonds is 8. The van der Waals surface area contributed by atoms with Crippen molar-refractivity contribution in [3.63, 3.8) is 0 Å². The van der Waals surface area contributed by atoms with Gasteiger partial charge in [-0.3, -0.25) is 9.78 Å². The molecule has 5 heteroatoms. The highest BCUT2D eigenvalue weighted by molar-refractivity contribution is 5.79. The van der Waals surface area contributed by atoms with E-state index in [2.05, 4.69) is 34.6 Å². The molecular formula is C25H46N4O. The first-order valence-corrected chi connectivity index (χ1v) is 11.0. The first-order valence-electron chi connectivity index (χ1n) is 11.0. The van der Waals surface area contributed by atoms with Gasteiger partial charge in [-0.1, -0.05) is 78.8 Å². The normalized spacial score (nSPS) is 12.4. The topological polar surface area (TPSA) is 94.0 Å². The first kappa shape index (κ1) is 27.8. The van der Waals surface area contributed by atoms with E-state index in [9.17, 15) is 4.79 Å². The Morgan fingerprint density at radius 2 is 1.70 bits per heavy atom. The van der Waals surface area contributed by atoms with E-state index in [1.807, 2.05) is 66.8 Å². The summed E-state index contributed by atoms with van der Waals surface area (Å²) in [6.45, 7) is 15.0. The van der Waals surface area contributed by atoms with Crippen LogP contribution in [0.1, 0.15) is 56.9 Å². The zero-order chi connectivity index (χ0) is 23.2. The molecule has 2 unspecified atom stereocenters. The largest absolute Gasteiger partial charge is 0.355 e. The van der Waals surface area contributed by atoms with E-state index in [4.69, 9.17) is 11.5 Å². The molecule has 30 heavy (non-hydrogen) atoms. The number of hydrogen-bond donors (Lipinski definition) is 3. The van der Waals surface area contributed by atoms with Crippen LogP contribution in [0.25, 0.3) is 11.1 Å². The van der Waals surface area contributed by atoms with Crippen molar-refractivity contribution in [2.45, 2.75) is 60.9 Å². The van der Waals surface area contributed by atoms with Crippen LogP contribution in [0, 0.1) is 11.3 Å². The molecule has 172 valence electrons. The van der Waals surface area contributed by atoms with E-state index >= 15 is 0 Å². The van der Waals surface area contributed by atoms with Crippen LogP contribution in [0.4, 0.5) is 0 Å². The molecule has 5 nitrogen and oxygen atoms in total. The lowest BCUT2D eigenvalue weighted by molar-refractivity contribution is -0.125. The van der Waals surface area contributed by atoms with Gasteiger partial charge in [-0.05, 0) is 41.1 Å². The highest BCUT2D eigenvalue weighted by atomic mass is 16.1. The zero-order valence-electron chi connectivity index (χ0n) is 19.9. The molecule has 0 bridgehead atoms. The molecular weight excluding hydrogens is 372 g/mol. The van der Waals surface area contributed by atoms with Crippen LogP contribution in [0.3, 0.4) is 0 Å². The molecule has 0 radical (unpaired) electrons. The molecule has 2 rings (SSSR count). The molecule has 0 aliphatic heterocycles. The zero-order valence-corrected chi connectivity index (χ0v) is 19.9. The summed E-state index contributed by atoms with van der Waals surface area (Å²) in [5.41, 5.74) is 15.2. The van der Waals surface area contributed by atoms with Crippen molar-refractivity contribution in [3.05, 3.63) is 54.4 Å². The molecule has 5 N–H and O–H groups in total. The molecule has 0 aliphatic carbocycles. The lowest BCUT2D eigenvalue weighted by atomic mass is 9.92. The Balaban J connectivity index is -0.00000132. The van der Waals surface area contributed by atoms with Crippen LogP contribution in [0.5, 0.6) is 0 Å². The number of benzene rings is 1. The Bertz CT molecular complexity index is 710. The van der Waals surface area contributed by atoms with E-state index < -0.39 is 0 Å². The second-order valence-corrected chi connectivity index (χ2v) is 7.68. The van der Waals surface area contributed by atoms with Gasteiger partial charge < -0.3 is 16.8 Å². The van der Waals surface area contributed by atoms with Crippen LogP contribution >= 0.6 is 0 Å². The molecule has 0 aliphatic rings.